The predicted molar refractivity (Wildman–Crippen MR) is 141 cm³/mol. The van der Waals surface area contributed by atoms with Crippen molar-refractivity contribution >= 4 is 39.3 Å². The van der Waals surface area contributed by atoms with Crippen LogP contribution in [-0.2, 0) is 9.59 Å². The van der Waals surface area contributed by atoms with Gasteiger partial charge in [-0.3, -0.25) is 19.4 Å². The van der Waals surface area contributed by atoms with Gasteiger partial charge in [0.25, 0.3) is 0 Å². The Hall–Kier alpha value is -1.99. The molecule has 2 amide bonds. The van der Waals surface area contributed by atoms with E-state index in [4.69, 9.17) is 4.37 Å². The molecular weight excluding hydrogens is 468 g/mol. The molecule has 7 heteroatoms. The maximum absolute atomic E-state index is 13.5. The number of hydrogen-bond acceptors (Lipinski definition) is 6. The van der Waals surface area contributed by atoms with Gasteiger partial charge in [0, 0.05) is 44.7 Å². The Kier molecular flexibility index (Phi) is 4.90. The van der Waals surface area contributed by atoms with Crippen molar-refractivity contribution < 1.29 is 9.59 Å². The Balaban J connectivity index is 0.922. The van der Waals surface area contributed by atoms with Crippen LogP contribution in [0.25, 0.3) is 10.1 Å². The first kappa shape index (κ1) is 22.0. The van der Waals surface area contributed by atoms with E-state index in [1.54, 1.807) is 16.4 Å². The number of rotatable bonds is 5. The van der Waals surface area contributed by atoms with Crippen LogP contribution in [0.5, 0.6) is 0 Å². The Bertz CT molecular complexity index is 1220. The molecule has 6 fully saturated rings. The molecule has 6 aliphatic rings. The topological polar surface area (TPSA) is 56.8 Å². The molecule has 0 spiro atoms. The van der Waals surface area contributed by atoms with Gasteiger partial charge in [-0.15, -0.1) is 0 Å². The van der Waals surface area contributed by atoms with Crippen LogP contribution in [0.15, 0.2) is 24.3 Å². The van der Waals surface area contributed by atoms with Crippen LogP contribution in [-0.4, -0.2) is 65.3 Å². The van der Waals surface area contributed by atoms with Crippen LogP contribution in [0, 0.1) is 40.9 Å². The number of imide groups is 1. The highest BCUT2D eigenvalue weighted by Crippen LogP contribution is 2.80. The Morgan fingerprint density at radius 3 is 2.50 bits per heavy atom. The summed E-state index contributed by atoms with van der Waals surface area (Å²) in [6.45, 7) is 5.95. The van der Waals surface area contributed by atoms with Crippen LogP contribution in [0.2, 0.25) is 0 Å². The number of benzene rings is 1. The van der Waals surface area contributed by atoms with Crippen LogP contribution in [0.3, 0.4) is 0 Å². The second kappa shape index (κ2) is 8.00. The second-order valence-electron chi connectivity index (χ2n) is 12.6. The molecule has 4 saturated carbocycles. The van der Waals surface area contributed by atoms with Crippen LogP contribution in [0.1, 0.15) is 44.9 Å². The number of hydrogen-bond donors (Lipinski definition) is 0. The van der Waals surface area contributed by atoms with Crippen LogP contribution < -0.4 is 4.90 Å². The molecule has 0 radical (unpaired) electrons. The first-order valence-corrected chi connectivity index (χ1v) is 15.1. The molecule has 2 aliphatic heterocycles. The van der Waals surface area contributed by atoms with Crippen LogP contribution >= 0.6 is 11.5 Å². The number of nitrogens with zero attached hydrogens (tertiary/aromatic N) is 4. The number of fused-ring (bicyclic) bond motifs is 3. The molecule has 2 saturated heterocycles. The summed E-state index contributed by atoms with van der Waals surface area (Å²) in [5.74, 6) is 3.93. The number of carbonyl (C=O) groups excluding carboxylic acids is 2. The zero-order chi connectivity index (χ0) is 24.0. The molecule has 1 aromatic heterocycles. The summed E-state index contributed by atoms with van der Waals surface area (Å²) in [7, 11) is 0. The monoisotopic (exact) mass is 504 g/mol. The first-order chi connectivity index (χ1) is 17.6. The van der Waals surface area contributed by atoms with Crippen molar-refractivity contribution in [1.82, 2.24) is 14.2 Å². The lowest BCUT2D eigenvalue weighted by molar-refractivity contribution is -0.142. The van der Waals surface area contributed by atoms with E-state index in [2.05, 4.69) is 34.1 Å². The predicted octanol–water partition coefficient (Wildman–Crippen LogP) is 4.26. The lowest BCUT2D eigenvalue weighted by atomic mass is 9.74. The van der Waals surface area contributed by atoms with Gasteiger partial charge < -0.3 is 4.90 Å². The molecule has 2 bridgehead atoms. The van der Waals surface area contributed by atoms with E-state index in [0.717, 1.165) is 38.5 Å². The summed E-state index contributed by atoms with van der Waals surface area (Å²) in [5.41, 5.74) is 0.241. The van der Waals surface area contributed by atoms with Crippen molar-refractivity contribution in [3.8, 4) is 0 Å². The fourth-order valence-electron chi connectivity index (χ4n) is 9.34. The summed E-state index contributed by atoms with van der Waals surface area (Å²) in [6, 6.07) is 8.55. The Morgan fingerprint density at radius 1 is 0.944 bits per heavy atom. The van der Waals surface area contributed by atoms with Gasteiger partial charge in [-0.05, 0) is 84.9 Å². The third-order valence-corrected chi connectivity index (χ3v) is 12.0. The maximum atomic E-state index is 13.5. The van der Waals surface area contributed by atoms with Gasteiger partial charge in [-0.25, -0.2) is 0 Å². The van der Waals surface area contributed by atoms with Gasteiger partial charge in [-0.1, -0.05) is 25.0 Å². The highest BCUT2D eigenvalue weighted by molar-refractivity contribution is 7.13. The Labute approximate surface area is 217 Å². The van der Waals surface area contributed by atoms with Gasteiger partial charge in [-0.2, -0.15) is 4.37 Å². The second-order valence-corrected chi connectivity index (χ2v) is 13.4. The number of likely N-dealkylation sites (tertiary alicyclic amines) is 1. The minimum Gasteiger partial charge on any atom is -0.353 e. The molecule has 36 heavy (non-hydrogen) atoms. The molecule has 4 aliphatic carbocycles. The maximum Gasteiger partial charge on any atom is 0.233 e. The summed E-state index contributed by atoms with van der Waals surface area (Å²) >= 11 is 1.60. The first-order valence-electron chi connectivity index (χ1n) is 14.3. The molecule has 8 rings (SSSR count). The molecule has 2 aromatic rings. The smallest absolute Gasteiger partial charge is 0.233 e. The molecule has 0 N–H and O–H groups in total. The van der Waals surface area contributed by atoms with Gasteiger partial charge in [0.2, 0.25) is 11.8 Å². The van der Waals surface area contributed by atoms with Gasteiger partial charge in [0.15, 0.2) is 0 Å². The number of piperazine rings is 1. The normalized spacial score (nSPS) is 39.8. The van der Waals surface area contributed by atoms with Gasteiger partial charge in [0.1, 0.15) is 5.82 Å². The average molecular weight is 505 g/mol. The van der Waals surface area contributed by atoms with Crippen LogP contribution in [0.4, 0.5) is 5.82 Å². The molecule has 7 atom stereocenters. The number of amides is 2. The van der Waals surface area contributed by atoms with E-state index in [0.29, 0.717) is 30.2 Å². The van der Waals surface area contributed by atoms with Crippen molar-refractivity contribution in [3.05, 3.63) is 24.3 Å². The fraction of sp³-hybridized carbons (Fsp3) is 0.690. The van der Waals surface area contributed by atoms with E-state index >= 15 is 0 Å². The zero-order valence-corrected chi connectivity index (χ0v) is 21.8. The van der Waals surface area contributed by atoms with E-state index in [1.165, 1.54) is 55.0 Å². The molecule has 6 nitrogen and oxygen atoms in total. The number of aromatic nitrogens is 1. The van der Waals surface area contributed by atoms with Gasteiger partial charge >= 0.3 is 0 Å². The van der Waals surface area contributed by atoms with Gasteiger partial charge in [0.05, 0.1) is 16.5 Å². The summed E-state index contributed by atoms with van der Waals surface area (Å²) in [6.07, 6.45) is 8.53. The molecule has 2 unspecified atom stereocenters. The molecule has 3 heterocycles. The number of anilines is 1. The summed E-state index contributed by atoms with van der Waals surface area (Å²) in [5, 5.41) is 1.28. The zero-order valence-electron chi connectivity index (χ0n) is 21.0. The third-order valence-electron chi connectivity index (χ3n) is 11.2. The van der Waals surface area contributed by atoms with Crippen molar-refractivity contribution in [2.45, 2.75) is 44.9 Å². The highest BCUT2D eigenvalue weighted by atomic mass is 32.1. The summed E-state index contributed by atoms with van der Waals surface area (Å²) < 4.78 is 6.03. The quantitative estimate of drug-likeness (QED) is 0.570. The Morgan fingerprint density at radius 2 is 1.72 bits per heavy atom. The van der Waals surface area contributed by atoms with E-state index in [1.807, 2.05) is 0 Å². The molecular formula is C29H36N4O2S. The van der Waals surface area contributed by atoms with Crippen molar-refractivity contribution in [1.29, 1.82) is 0 Å². The van der Waals surface area contributed by atoms with Crippen molar-refractivity contribution in [2.75, 3.05) is 44.2 Å². The fourth-order valence-corrected chi connectivity index (χ4v) is 10.1. The lowest BCUT2D eigenvalue weighted by Gasteiger charge is -2.40. The van der Waals surface area contributed by atoms with E-state index in [-0.39, 0.29) is 29.1 Å². The highest BCUT2D eigenvalue weighted by Gasteiger charge is 2.79. The molecule has 190 valence electrons. The SMILES string of the molecule is O=C1[C@H]2C3CCC4(C[C@@H]34)[C@H]2C(=O)N1C[C@@H]1CCCC[C@H]1CN1CCN(c2nsc3ccccc23)CC1. The average Bonchev–Trinajstić information content (AvgIpc) is 3.18. The standard InChI is InChI=1S/C29H36N4O2S/c34-27-24-20-9-10-29(15-22(20)29)25(24)28(35)33(27)17-19-6-2-1-5-18(19)16-31-11-13-32(14-12-31)26-21-7-3-4-8-23(21)36-30-26/h3-4,7-8,18-20,22,24-25H,1-2,5-6,9-17H2/t18-,19-,20?,22-,24-,25+,29?/m0/s1. The van der Waals surface area contributed by atoms with Crippen molar-refractivity contribution in [2.24, 2.45) is 40.9 Å². The molecule has 1 aromatic carbocycles. The summed E-state index contributed by atoms with van der Waals surface area (Å²) in [4.78, 5) is 33.8. The minimum atomic E-state index is 0.0434. The minimum absolute atomic E-state index is 0.0434. The largest absolute Gasteiger partial charge is 0.353 e. The van der Waals surface area contributed by atoms with E-state index in [9.17, 15) is 9.59 Å². The lowest BCUT2D eigenvalue weighted by Crippen LogP contribution is -2.49. The number of carbonyl (C=O) groups is 2. The van der Waals surface area contributed by atoms with E-state index < -0.39 is 0 Å². The third kappa shape index (κ3) is 3.08. The van der Waals surface area contributed by atoms with Crippen molar-refractivity contribution in [3.63, 3.8) is 0 Å².